The van der Waals surface area contributed by atoms with Crippen LogP contribution in [0.1, 0.15) is 36.6 Å². The van der Waals surface area contributed by atoms with Crippen molar-refractivity contribution in [3.63, 3.8) is 0 Å². The van der Waals surface area contributed by atoms with Crippen LogP contribution in [0, 0.1) is 11.3 Å². The molecule has 1 atom stereocenters. The van der Waals surface area contributed by atoms with Crippen LogP contribution >= 0.6 is 11.3 Å². The van der Waals surface area contributed by atoms with E-state index in [0.717, 1.165) is 0 Å². The standard InChI is InChI=1S/C13H16N2O3S/c1-13(2,3)18-12(17)15(4)10(8-16)11-6-5-9(7-14)19-11/h5-6,8,10H,1-4H3. The van der Waals surface area contributed by atoms with Gasteiger partial charge in [-0.15, -0.1) is 11.3 Å². The fourth-order valence-electron chi connectivity index (χ4n) is 1.37. The zero-order chi connectivity index (χ0) is 14.6. The minimum absolute atomic E-state index is 0.499. The zero-order valence-electron chi connectivity index (χ0n) is 11.3. The number of thiophene rings is 1. The Morgan fingerprint density at radius 2 is 2.16 bits per heavy atom. The normalized spacial score (nSPS) is 12.4. The highest BCUT2D eigenvalue weighted by atomic mass is 32.1. The van der Waals surface area contributed by atoms with Gasteiger partial charge in [-0.05, 0) is 32.9 Å². The maximum atomic E-state index is 11.9. The zero-order valence-corrected chi connectivity index (χ0v) is 12.2. The average Bonchev–Trinajstić information content (AvgIpc) is 2.76. The molecule has 1 amide bonds. The Bertz CT molecular complexity index is 511. The summed E-state index contributed by atoms with van der Waals surface area (Å²) in [6, 6.07) is 4.56. The number of carbonyl (C=O) groups excluding carboxylic acids is 2. The highest BCUT2D eigenvalue weighted by Crippen LogP contribution is 2.26. The number of hydrogen-bond donors (Lipinski definition) is 0. The summed E-state index contributed by atoms with van der Waals surface area (Å²) < 4.78 is 5.20. The number of hydrogen-bond acceptors (Lipinski definition) is 5. The van der Waals surface area contributed by atoms with Crippen LogP contribution in [0.4, 0.5) is 4.79 Å². The van der Waals surface area contributed by atoms with Crippen molar-refractivity contribution in [1.82, 2.24) is 4.90 Å². The number of carbonyl (C=O) groups is 2. The van der Waals surface area contributed by atoms with E-state index < -0.39 is 17.7 Å². The summed E-state index contributed by atoms with van der Waals surface area (Å²) in [5, 5.41) is 8.77. The molecule has 102 valence electrons. The summed E-state index contributed by atoms with van der Waals surface area (Å²) in [4.78, 5) is 25.4. The van der Waals surface area contributed by atoms with Crippen molar-refractivity contribution in [3.05, 3.63) is 21.9 Å². The number of aldehydes is 1. The van der Waals surface area contributed by atoms with E-state index in [4.69, 9.17) is 10.00 Å². The van der Waals surface area contributed by atoms with Gasteiger partial charge in [0.2, 0.25) is 0 Å². The van der Waals surface area contributed by atoms with Crippen molar-refractivity contribution >= 4 is 23.7 Å². The predicted octanol–water partition coefficient (Wildman–Crippen LogP) is 2.73. The number of likely N-dealkylation sites (N-methyl/N-ethyl adjacent to an activating group) is 1. The molecule has 1 rings (SSSR count). The molecular weight excluding hydrogens is 264 g/mol. The Labute approximate surface area is 116 Å². The molecule has 0 N–H and O–H groups in total. The molecule has 5 nitrogen and oxygen atoms in total. The van der Waals surface area contributed by atoms with Crippen molar-refractivity contribution in [1.29, 1.82) is 5.26 Å². The van der Waals surface area contributed by atoms with Gasteiger partial charge in [0.25, 0.3) is 0 Å². The lowest BCUT2D eigenvalue weighted by Gasteiger charge is -2.27. The van der Waals surface area contributed by atoms with E-state index in [-0.39, 0.29) is 0 Å². The van der Waals surface area contributed by atoms with Crippen molar-refractivity contribution in [2.45, 2.75) is 32.4 Å². The molecule has 0 saturated heterocycles. The van der Waals surface area contributed by atoms with E-state index in [1.165, 1.54) is 23.3 Å². The molecule has 1 aromatic rings. The Morgan fingerprint density at radius 1 is 1.53 bits per heavy atom. The van der Waals surface area contributed by atoms with Crippen molar-refractivity contribution < 1.29 is 14.3 Å². The van der Waals surface area contributed by atoms with E-state index in [1.807, 2.05) is 6.07 Å². The molecule has 0 aliphatic rings. The van der Waals surface area contributed by atoms with Gasteiger partial charge in [0.15, 0.2) is 0 Å². The molecule has 0 aromatic carbocycles. The minimum atomic E-state index is -0.734. The smallest absolute Gasteiger partial charge is 0.410 e. The quantitative estimate of drug-likeness (QED) is 0.798. The first-order chi connectivity index (χ1) is 8.78. The van der Waals surface area contributed by atoms with Crippen LogP contribution in [0.15, 0.2) is 12.1 Å². The van der Waals surface area contributed by atoms with Gasteiger partial charge in [0.05, 0.1) is 0 Å². The summed E-state index contributed by atoms with van der Waals surface area (Å²) in [7, 11) is 1.50. The van der Waals surface area contributed by atoms with Crippen LogP contribution in [-0.2, 0) is 9.53 Å². The topological polar surface area (TPSA) is 70.4 Å². The summed E-state index contributed by atoms with van der Waals surface area (Å²) in [6.45, 7) is 5.27. The van der Waals surface area contributed by atoms with Crippen LogP contribution in [0.2, 0.25) is 0 Å². The molecule has 0 radical (unpaired) electrons. The van der Waals surface area contributed by atoms with Gasteiger partial charge in [-0.25, -0.2) is 4.79 Å². The first-order valence-electron chi connectivity index (χ1n) is 5.69. The third-order valence-electron chi connectivity index (χ3n) is 2.26. The van der Waals surface area contributed by atoms with Gasteiger partial charge in [0.1, 0.15) is 28.9 Å². The lowest BCUT2D eigenvalue weighted by molar-refractivity contribution is -0.112. The highest BCUT2D eigenvalue weighted by Gasteiger charge is 2.27. The van der Waals surface area contributed by atoms with Crippen molar-refractivity contribution in [2.75, 3.05) is 7.05 Å². The second-order valence-corrected chi connectivity index (χ2v) is 6.10. The molecule has 1 heterocycles. The van der Waals surface area contributed by atoms with Crippen molar-refractivity contribution in [3.8, 4) is 6.07 Å². The molecule has 0 bridgehead atoms. The molecule has 0 aliphatic heterocycles. The lowest BCUT2D eigenvalue weighted by Crippen LogP contribution is -2.37. The Morgan fingerprint density at radius 3 is 2.58 bits per heavy atom. The van der Waals surface area contributed by atoms with Crippen LogP contribution in [0.5, 0.6) is 0 Å². The van der Waals surface area contributed by atoms with Crippen LogP contribution in [0.25, 0.3) is 0 Å². The third kappa shape index (κ3) is 4.07. The molecule has 0 fully saturated rings. The summed E-state index contributed by atoms with van der Waals surface area (Å²) in [5.41, 5.74) is -0.619. The SMILES string of the molecule is CN(C(=O)OC(C)(C)C)C(C=O)c1ccc(C#N)s1. The molecular formula is C13H16N2O3S. The van der Waals surface area contributed by atoms with Crippen molar-refractivity contribution in [2.24, 2.45) is 0 Å². The molecule has 0 aliphatic carbocycles. The Hall–Kier alpha value is -1.87. The second-order valence-electron chi connectivity index (χ2n) is 4.99. The molecule has 1 unspecified atom stereocenters. The van der Waals surface area contributed by atoms with Gasteiger partial charge >= 0.3 is 6.09 Å². The lowest BCUT2D eigenvalue weighted by atomic mass is 10.2. The average molecular weight is 280 g/mol. The number of nitriles is 1. The van der Waals surface area contributed by atoms with Gasteiger partial charge in [-0.1, -0.05) is 0 Å². The van der Waals surface area contributed by atoms with Crippen LogP contribution < -0.4 is 0 Å². The highest BCUT2D eigenvalue weighted by molar-refractivity contribution is 7.12. The van der Waals surface area contributed by atoms with E-state index in [0.29, 0.717) is 16.0 Å². The van der Waals surface area contributed by atoms with Gasteiger partial charge in [0, 0.05) is 11.9 Å². The Kier molecular flexibility index (Phi) is 4.67. The third-order valence-corrected chi connectivity index (χ3v) is 3.32. The molecule has 19 heavy (non-hydrogen) atoms. The fourth-order valence-corrected chi connectivity index (χ4v) is 2.27. The fraction of sp³-hybridized carbons (Fsp3) is 0.462. The number of ether oxygens (including phenoxy) is 1. The number of nitrogens with zero attached hydrogens (tertiary/aromatic N) is 2. The first-order valence-corrected chi connectivity index (χ1v) is 6.51. The van der Waals surface area contributed by atoms with E-state index >= 15 is 0 Å². The number of amides is 1. The van der Waals surface area contributed by atoms with Crippen LogP contribution in [0.3, 0.4) is 0 Å². The monoisotopic (exact) mass is 280 g/mol. The molecule has 0 spiro atoms. The van der Waals surface area contributed by atoms with E-state index in [1.54, 1.807) is 32.9 Å². The summed E-state index contributed by atoms with van der Waals surface area (Å²) in [5.74, 6) is 0. The van der Waals surface area contributed by atoms with E-state index in [2.05, 4.69) is 0 Å². The van der Waals surface area contributed by atoms with Gasteiger partial charge < -0.3 is 9.53 Å². The molecule has 0 saturated carbocycles. The van der Waals surface area contributed by atoms with Gasteiger partial charge in [-0.2, -0.15) is 5.26 Å². The maximum Gasteiger partial charge on any atom is 0.410 e. The summed E-state index contributed by atoms with van der Waals surface area (Å²) in [6.07, 6.45) is 0.0909. The van der Waals surface area contributed by atoms with Crippen LogP contribution in [-0.4, -0.2) is 29.9 Å². The maximum absolute atomic E-state index is 11.9. The Balaban J connectivity index is 2.88. The first kappa shape index (κ1) is 15.2. The van der Waals surface area contributed by atoms with Gasteiger partial charge in [-0.3, -0.25) is 4.90 Å². The van der Waals surface area contributed by atoms with E-state index in [9.17, 15) is 9.59 Å². The molecule has 6 heteroatoms. The second kappa shape index (κ2) is 5.85. The largest absolute Gasteiger partial charge is 0.444 e. The predicted molar refractivity (Wildman–Crippen MR) is 71.8 cm³/mol. The number of rotatable bonds is 3. The minimum Gasteiger partial charge on any atom is -0.444 e. The molecule has 1 aromatic heterocycles. The summed E-state index contributed by atoms with van der Waals surface area (Å²) >= 11 is 1.19.